The Morgan fingerprint density at radius 1 is 1.15 bits per heavy atom. The van der Waals surface area contributed by atoms with Crippen LogP contribution in [-0.4, -0.2) is 73.5 Å². The largest absolute Gasteiger partial charge is 0.482 e. The molecule has 0 saturated carbocycles. The van der Waals surface area contributed by atoms with Crippen LogP contribution in [0.4, 0.5) is 4.79 Å². The minimum Gasteiger partial charge on any atom is -0.482 e. The molecule has 0 aliphatic carbocycles. The van der Waals surface area contributed by atoms with Gasteiger partial charge in [-0.05, 0) is 37.1 Å². The molecule has 0 unspecified atom stereocenters. The molecule has 2 aliphatic heterocycles. The second kappa shape index (κ2) is 12.3. The zero-order valence-electron chi connectivity index (χ0n) is 18.6. The molecular formula is C24H29NO8. The van der Waals surface area contributed by atoms with Crippen molar-refractivity contribution in [2.45, 2.75) is 25.5 Å². The van der Waals surface area contributed by atoms with Gasteiger partial charge in [-0.2, -0.15) is 0 Å². The van der Waals surface area contributed by atoms with Crippen LogP contribution in [0.3, 0.4) is 0 Å². The van der Waals surface area contributed by atoms with Gasteiger partial charge in [0.1, 0.15) is 18.4 Å². The van der Waals surface area contributed by atoms with Crippen LogP contribution in [0.25, 0.3) is 0 Å². The van der Waals surface area contributed by atoms with Gasteiger partial charge in [-0.1, -0.05) is 30.3 Å². The van der Waals surface area contributed by atoms with E-state index in [-0.39, 0.29) is 25.6 Å². The van der Waals surface area contributed by atoms with Crippen molar-refractivity contribution in [2.24, 2.45) is 5.92 Å². The van der Waals surface area contributed by atoms with Crippen molar-refractivity contribution in [2.75, 3.05) is 39.6 Å². The summed E-state index contributed by atoms with van der Waals surface area (Å²) in [5.41, 5.74) is 0.780. The van der Waals surface area contributed by atoms with Crippen LogP contribution in [0.5, 0.6) is 0 Å². The summed E-state index contributed by atoms with van der Waals surface area (Å²) in [4.78, 5) is 39.0. The number of aliphatic hydroxyl groups is 1. The standard InChI is InChI=1S/C24H29NO8/c1-17(23(28)25-20(16-32-24(25)29)18-6-3-2-4-7-18)22-21(27)10-9-19(33-22)8-5-12-30-14-15-31-13-11-26/h2-4,6-10,17,20,22,26H,5,11-16H2,1H3/t17-,20+,22+/m0/s1. The van der Waals surface area contributed by atoms with E-state index >= 15 is 0 Å². The van der Waals surface area contributed by atoms with Gasteiger partial charge in [0.25, 0.3) is 0 Å². The molecule has 2 aliphatic rings. The molecule has 0 aromatic heterocycles. The molecule has 1 aromatic rings. The normalized spacial score (nSPS) is 22.4. The van der Waals surface area contributed by atoms with Crippen molar-refractivity contribution < 1.29 is 38.4 Å². The van der Waals surface area contributed by atoms with Crippen LogP contribution in [0.1, 0.15) is 24.9 Å². The second-order valence-electron chi connectivity index (χ2n) is 7.62. The zero-order chi connectivity index (χ0) is 23.6. The predicted octanol–water partition coefficient (Wildman–Crippen LogP) is 2.17. The lowest BCUT2D eigenvalue weighted by Gasteiger charge is -2.29. The van der Waals surface area contributed by atoms with Gasteiger partial charge in [0.05, 0.1) is 39.0 Å². The quantitative estimate of drug-likeness (QED) is 0.501. The Balaban J connectivity index is 1.57. The Morgan fingerprint density at radius 2 is 1.88 bits per heavy atom. The summed E-state index contributed by atoms with van der Waals surface area (Å²) in [5, 5.41) is 8.64. The molecule has 2 amide bonds. The topological polar surface area (TPSA) is 112 Å². The van der Waals surface area contributed by atoms with Crippen LogP contribution in [0.2, 0.25) is 0 Å². The van der Waals surface area contributed by atoms with Crippen LogP contribution in [0.15, 0.2) is 54.3 Å². The highest BCUT2D eigenvalue weighted by atomic mass is 16.6. The van der Waals surface area contributed by atoms with Crippen LogP contribution < -0.4 is 0 Å². The first kappa shape index (κ1) is 24.6. The number of allylic oxidation sites excluding steroid dienone is 1. The maximum Gasteiger partial charge on any atom is 0.417 e. The van der Waals surface area contributed by atoms with Gasteiger partial charge in [0, 0.05) is 0 Å². The molecule has 3 atom stereocenters. The average molecular weight is 459 g/mol. The molecule has 3 rings (SSSR count). The first-order valence-corrected chi connectivity index (χ1v) is 10.9. The molecule has 2 heterocycles. The number of ketones is 1. The van der Waals surface area contributed by atoms with E-state index in [2.05, 4.69) is 0 Å². The van der Waals surface area contributed by atoms with Crippen molar-refractivity contribution in [1.29, 1.82) is 0 Å². The van der Waals surface area contributed by atoms with Gasteiger partial charge < -0.3 is 24.1 Å². The summed E-state index contributed by atoms with van der Waals surface area (Å²) in [6, 6.07) is 8.60. The molecule has 1 N–H and O–H groups in total. The summed E-state index contributed by atoms with van der Waals surface area (Å²) >= 11 is 0. The van der Waals surface area contributed by atoms with Gasteiger partial charge in [0.15, 0.2) is 11.9 Å². The summed E-state index contributed by atoms with van der Waals surface area (Å²) in [6.45, 7) is 3.12. The third kappa shape index (κ3) is 6.50. The molecule has 9 nitrogen and oxygen atoms in total. The van der Waals surface area contributed by atoms with Gasteiger partial charge in [-0.15, -0.1) is 0 Å². The van der Waals surface area contributed by atoms with Crippen LogP contribution >= 0.6 is 0 Å². The van der Waals surface area contributed by atoms with E-state index in [1.165, 1.54) is 6.08 Å². The van der Waals surface area contributed by atoms with Crippen LogP contribution in [-0.2, 0) is 28.5 Å². The summed E-state index contributed by atoms with van der Waals surface area (Å²) in [7, 11) is 0. The molecular weight excluding hydrogens is 430 g/mol. The molecule has 1 saturated heterocycles. The number of aliphatic hydroxyl groups excluding tert-OH is 1. The lowest BCUT2D eigenvalue weighted by molar-refractivity contribution is -0.142. The molecule has 33 heavy (non-hydrogen) atoms. The second-order valence-corrected chi connectivity index (χ2v) is 7.62. The smallest absolute Gasteiger partial charge is 0.417 e. The predicted molar refractivity (Wildman–Crippen MR) is 117 cm³/mol. The first-order chi connectivity index (χ1) is 16.0. The third-order valence-electron chi connectivity index (χ3n) is 5.31. The highest BCUT2D eigenvalue weighted by molar-refractivity contribution is 6.01. The van der Waals surface area contributed by atoms with E-state index in [9.17, 15) is 14.4 Å². The monoisotopic (exact) mass is 459 g/mol. The maximum atomic E-state index is 13.2. The fraction of sp³-hybridized carbons (Fsp3) is 0.458. The van der Waals surface area contributed by atoms with E-state index in [0.29, 0.717) is 32.0 Å². The van der Waals surface area contributed by atoms with Crippen molar-refractivity contribution in [3.8, 4) is 0 Å². The molecule has 1 aromatic carbocycles. The number of hydrogen-bond acceptors (Lipinski definition) is 8. The Labute approximate surface area is 192 Å². The summed E-state index contributed by atoms with van der Waals surface area (Å²) in [5.74, 6) is -1.29. The lowest BCUT2D eigenvalue weighted by Crippen LogP contribution is -2.45. The molecule has 9 heteroatoms. The first-order valence-electron chi connectivity index (χ1n) is 10.9. The van der Waals surface area contributed by atoms with E-state index in [1.54, 1.807) is 19.1 Å². The molecule has 0 spiro atoms. The van der Waals surface area contributed by atoms with Crippen molar-refractivity contribution in [1.82, 2.24) is 4.90 Å². The molecule has 0 radical (unpaired) electrons. The number of ether oxygens (including phenoxy) is 4. The number of imide groups is 1. The number of amides is 2. The number of hydrogen-bond donors (Lipinski definition) is 1. The van der Waals surface area contributed by atoms with E-state index in [1.807, 2.05) is 30.3 Å². The van der Waals surface area contributed by atoms with E-state index in [4.69, 9.17) is 24.1 Å². The van der Waals surface area contributed by atoms with Gasteiger partial charge in [-0.3, -0.25) is 9.59 Å². The molecule has 0 bridgehead atoms. The minimum atomic E-state index is -1.04. The fourth-order valence-electron chi connectivity index (χ4n) is 3.57. The van der Waals surface area contributed by atoms with Crippen LogP contribution in [0, 0.1) is 5.92 Å². The minimum absolute atomic E-state index is 0.0254. The van der Waals surface area contributed by atoms with Gasteiger partial charge >= 0.3 is 6.09 Å². The Kier molecular flexibility index (Phi) is 9.17. The Hall–Kier alpha value is -3.01. The number of benzene rings is 1. The SMILES string of the molecule is C[C@H](C(=O)N1C(=O)OC[C@@H]1c1ccccc1)[C@H]1OC(=CCCOCCOCCO)C=CC1=O. The Morgan fingerprint density at radius 3 is 2.61 bits per heavy atom. The van der Waals surface area contributed by atoms with Gasteiger partial charge in [-0.25, -0.2) is 9.69 Å². The fourth-order valence-corrected chi connectivity index (χ4v) is 3.57. The van der Waals surface area contributed by atoms with Crippen molar-refractivity contribution >= 4 is 17.8 Å². The number of carbonyl (C=O) groups is 3. The number of cyclic esters (lactones) is 1. The molecule has 178 valence electrons. The van der Waals surface area contributed by atoms with E-state index < -0.39 is 30.1 Å². The molecule has 1 fully saturated rings. The number of nitrogens with zero attached hydrogens (tertiary/aromatic N) is 1. The average Bonchev–Trinajstić information content (AvgIpc) is 3.22. The number of rotatable bonds is 11. The van der Waals surface area contributed by atoms with Crippen molar-refractivity contribution in [3.05, 3.63) is 59.9 Å². The highest BCUT2D eigenvalue weighted by Gasteiger charge is 2.44. The van der Waals surface area contributed by atoms with E-state index in [0.717, 1.165) is 10.5 Å². The zero-order valence-corrected chi connectivity index (χ0v) is 18.6. The highest BCUT2D eigenvalue weighted by Crippen LogP contribution is 2.31. The summed E-state index contributed by atoms with van der Waals surface area (Å²) in [6.07, 6.45) is 3.49. The maximum absolute atomic E-state index is 13.2. The van der Waals surface area contributed by atoms with Gasteiger partial charge in [0.2, 0.25) is 5.91 Å². The summed E-state index contributed by atoms with van der Waals surface area (Å²) < 4.78 is 21.5. The Bertz CT molecular complexity index is 882. The number of carbonyl (C=O) groups excluding carboxylic acids is 3. The lowest BCUT2D eigenvalue weighted by atomic mass is 9.96. The van der Waals surface area contributed by atoms with Crippen molar-refractivity contribution in [3.63, 3.8) is 0 Å². The third-order valence-corrected chi connectivity index (χ3v) is 5.31.